The van der Waals surface area contributed by atoms with Gasteiger partial charge in [-0.05, 0) is 42.3 Å². The number of aryl methyl sites for hydroxylation is 1. The molecule has 2 aliphatic rings. The largest absolute Gasteiger partial charge is 0.442 e. The molecular weight excluding hydrogens is 415 g/mol. The first-order chi connectivity index (χ1) is 15.3. The summed E-state index contributed by atoms with van der Waals surface area (Å²) in [6, 6.07) is 8.26. The van der Waals surface area contributed by atoms with Crippen LogP contribution < -0.4 is 10.2 Å². The number of cyclic esters (lactones) is 1. The Morgan fingerprint density at radius 1 is 1.28 bits per heavy atom. The van der Waals surface area contributed by atoms with Gasteiger partial charge in [-0.15, -0.1) is 0 Å². The van der Waals surface area contributed by atoms with E-state index in [0.717, 1.165) is 5.57 Å². The van der Waals surface area contributed by atoms with Crippen LogP contribution in [-0.4, -0.2) is 59.7 Å². The van der Waals surface area contributed by atoms with Crippen molar-refractivity contribution in [2.75, 3.05) is 31.1 Å². The second-order valence-corrected chi connectivity index (χ2v) is 7.95. The molecule has 0 spiro atoms. The van der Waals surface area contributed by atoms with Crippen molar-refractivity contribution in [1.82, 2.24) is 14.8 Å². The lowest BCUT2D eigenvalue weighted by Gasteiger charge is -2.27. The molecule has 0 saturated carbocycles. The zero-order valence-corrected chi connectivity index (χ0v) is 18.0. The van der Waals surface area contributed by atoms with Gasteiger partial charge in [0.05, 0.1) is 18.8 Å². The number of amides is 3. The van der Waals surface area contributed by atoms with E-state index in [1.807, 2.05) is 25.4 Å². The Kier molecular flexibility index (Phi) is 5.98. The number of aromatic nitrogens is 1. The molecule has 1 aromatic carbocycles. The van der Waals surface area contributed by atoms with Crippen molar-refractivity contribution < 1.29 is 23.5 Å². The second-order valence-electron chi connectivity index (χ2n) is 7.95. The number of carbonyl (C=O) groups is 3. The van der Waals surface area contributed by atoms with Crippen LogP contribution in [0.1, 0.15) is 29.4 Å². The fraction of sp³-hybridized carbons (Fsp3) is 0.348. The molecular formula is C23H25FN4O4. The summed E-state index contributed by atoms with van der Waals surface area (Å²) in [5.74, 6) is -0.696. The molecule has 32 heavy (non-hydrogen) atoms. The molecule has 1 saturated heterocycles. The fourth-order valence-corrected chi connectivity index (χ4v) is 3.97. The number of halogens is 1. The number of benzene rings is 1. The molecule has 4 rings (SSSR count). The van der Waals surface area contributed by atoms with Gasteiger partial charge in [0.25, 0.3) is 5.91 Å². The van der Waals surface area contributed by atoms with E-state index in [2.05, 4.69) is 5.32 Å². The number of ether oxygens (including phenoxy) is 1. The van der Waals surface area contributed by atoms with Gasteiger partial charge in [0.15, 0.2) is 0 Å². The van der Waals surface area contributed by atoms with Crippen LogP contribution in [0, 0.1) is 5.82 Å². The third-order valence-electron chi connectivity index (χ3n) is 5.72. The predicted octanol–water partition coefficient (Wildman–Crippen LogP) is 2.56. The van der Waals surface area contributed by atoms with Crippen molar-refractivity contribution in [2.45, 2.75) is 19.4 Å². The number of anilines is 1. The van der Waals surface area contributed by atoms with Gasteiger partial charge >= 0.3 is 6.09 Å². The number of hydrogen-bond acceptors (Lipinski definition) is 4. The van der Waals surface area contributed by atoms with Crippen molar-refractivity contribution in [1.29, 1.82) is 0 Å². The van der Waals surface area contributed by atoms with E-state index in [0.29, 0.717) is 36.5 Å². The molecule has 1 aromatic heterocycles. The third kappa shape index (κ3) is 4.37. The van der Waals surface area contributed by atoms with Crippen LogP contribution in [0.5, 0.6) is 0 Å². The van der Waals surface area contributed by atoms with Crippen LogP contribution in [0.15, 0.2) is 42.6 Å². The number of rotatable bonds is 5. The molecule has 0 bridgehead atoms. The van der Waals surface area contributed by atoms with Crippen molar-refractivity contribution >= 4 is 29.2 Å². The summed E-state index contributed by atoms with van der Waals surface area (Å²) in [5, 5.41) is 2.61. The van der Waals surface area contributed by atoms with Crippen molar-refractivity contribution in [2.24, 2.45) is 7.05 Å². The average Bonchev–Trinajstić information content (AvgIpc) is 3.37. The molecule has 9 heteroatoms. The first kappa shape index (κ1) is 21.6. The van der Waals surface area contributed by atoms with Gasteiger partial charge in [-0.1, -0.05) is 6.08 Å². The maximum Gasteiger partial charge on any atom is 0.414 e. The van der Waals surface area contributed by atoms with Crippen molar-refractivity contribution in [3.63, 3.8) is 0 Å². The highest BCUT2D eigenvalue weighted by atomic mass is 19.1. The Hall–Kier alpha value is -3.62. The van der Waals surface area contributed by atoms with E-state index in [9.17, 15) is 18.8 Å². The maximum absolute atomic E-state index is 14.9. The molecule has 1 unspecified atom stereocenters. The zero-order chi connectivity index (χ0) is 22.8. The first-order valence-corrected chi connectivity index (χ1v) is 10.5. The summed E-state index contributed by atoms with van der Waals surface area (Å²) in [4.78, 5) is 39.0. The van der Waals surface area contributed by atoms with Gasteiger partial charge in [0, 0.05) is 38.8 Å². The summed E-state index contributed by atoms with van der Waals surface area (Å²) in [6.45, 7) is 2.74. The number of hydrogen-bond donors (Lipinski definition) is 1. The second kappa shape index (κ2) is 8.86. The Morgan fingerprint density at radius 3 is 2.72 bits per heavy atom. The van der Waals surface area contributed by atoms with Gasteiger partial charge in [-0.2, -0.15) is 0 Å². The minimum Gasteiger partial charge on any atom is -0.442 e. The van der Waals surface area contributed by atoms with Gasteiger partial charge in [0.1, 0.15) is 17.6 Å². The van der Waals surface area contributed by atoms with Gasteiger partial charge in [-0.25, -0.2) is 9.18 Å². The lowest BCUT2D eigenvalue weighted by Crippen LogP contribution is -2.35. The quantitative estimate of drug-likeness (QED) is 0.775. The lowest BCUT2D eigenvalue weighted by molar-refractivity contribution is -0.119. The van der Waals surface area contributed by atoms with E-state index in [4.69, 9.17) is 4.74 Å². The molecule has 0 aliphatic carbocycles. The Balaban J connectivity index is 1.43. The summed E-state index contributed by atoms with van der Waals surface area (Å²) in [6.07, 6.45) is 3.18. The van der Waals surface area contributed by atoms with Crippen molar-refractivity contribution in [3.8, 4) is 0 Å². The number of nitrogens with zero attached hydrogens (tertiary/aromatic N) is 3. The number of nitrogens with one attached hydrogen (secondary N) is 1. The standard InChI is InChI=1S/C23H25FN4O4/c1-15(29)25-13-18-14-28(23(31)32-18)17-5-6-19(20(24)12-17)16-7-10-27(11-8-16)22(30)21-4-3-9-26(21)2/h3-7,9,12,18H,8,10-11,13-14H2,1-2H3,(H,25,29). The molecule has 0 radical (unpaired) electrons. The van der Waals surface area contributed by atoms with Crippen molar-refractivity contribution in [3.05, 3.63) is 59.7 Å². The molecule has 1 N–H and O–H groups in total. The molecule has 1 fully saturated rings. The van der Waals surface area contributed by atoms with Crippen LogP contribution in [-0.2, 0) is 16.6 Å². The van der Waals surface area contributed by atoms with Crippen LogP contribution in [0.25, 0.3) is 5.57 Å². The summed E-state index contributed by atoms with van der Waals surface area (Å²) in [7, 11) is 1.83. The molecule has 3 amide bonds. The van der Waals surface area contributed by atoms with Gasteiger partial charge in [-0.3, -0.25) is 14.5 Å². The van der Waals surface area contributed by atoms with E-state index < -0.39 is 18.0 Å². The van der Waals surface area contributed by atoms with E-state index >= 15 is 0 Å². The highest BCUT2D eigenvalue weighted by molar-refractivity contribution is 5.93. The van der Waals surface area contributed by atoms with E-state index in [1.54, 1.807) is 27.7 Å². The Labute approximate surface area is 185 Å². The lowest BCUT2D eigenvalue weighted by atomic mass is 9.98. The highest BCUT2D eigenvalue weighted by Gasteiger charge is 2.33. The molecule has 3 heterocycles. The van der Waals surface area contributed by atoms with Crippen LogP contribution in [0.3, 0.4) is 0 Å². The van der Waals surface area contributed by atoms with Crippen LogP contribution in [0.4, 0.5) is 14.9 Å². The highest BCUT2D eigenvalue weighted by Crippen LogP contribution is 2.30. The number of carbonyl (C=O) groups excluding carboxylic acids is 3. The van der Waals surface area contributed by atoms with Crippen LogP contribution >= 0.6 is 0 Å². The topological polar surface area (TPSA) is 83.9 Å². The van der Waals surface area contributed by atoms with Gasteiger partial charge < -0.3 is 19.5 Å². The average molecular weight is 440 g/mol. The molecule has 1 atom stereocenters. The SMILES string of the molecule is CC(=O)NCC1CN(c2ccc(C3=CCN(C(=O)c4cccn4C)CC3)c(F)c2)C(=O)O1. The maximum atomic E-state index is 14.9. The van der Waals surface area contributed by atoms with Gasteiger partial charge in [0.2, 0.25) is 5.91 Å². The normalized spacial score (nSPS) is 18.4. The van der Waals surface area contributed by atoms with E-state index in [-0.39, 0.29) is 24.9 Å². The fourth-order valence-electron chi connectivity index (χ4n) is 3.97. The minimum absolute atomic E-state index is 0.0509. The summed E-state index contributed by atoms with van der Waals surface area (Å²) < 4.78 is 22.0. The monoisotopic (exact) mass is 440 g/mol. The Bertz CT molecular complexity index is 1090. The van der Waals surface area contributed by atoms with Crippen LogP contribution in [0.2, 0.25) is 0 Å². The molecule has 2 aromatic rings. The molecule has 8 nitrogen and oxygen atoms in total. The smallest absolute Gasteiger partial charge is 0.414 e. The molecule has 168 valence electrons. The summed E-state index contributed by atoms with van der Waals surface area (Å²) in [5.41, 5.74) is 2.31. The third-order valence-corrected chi connectivity index (χ3v) is 5.72. The van der Waals surface area contributed by atoms with E-state index in [1.165, 1.54) is 17.9 Å². The predicted molar refractivity (Wildman–Crippen MR) is 117 cm³/mol. The first-order valence-electron chi connectivity index (χ1n) is 10.5. The Morgan fingerprint density at radius 2 is 2.09 bits per heavy atom. The minimum atomic E-state index is -0.570. The molecule has 2 aliphatic heterocycles. The summed E-state index contributed by atoms with van der Waals surface area (Å²) >= 11 is 0. The zero-order valence-electron chi connectivity index (χ0n) is 18.0.